The summed E-state index contributed by atoms with van der Waals surface area (Å²) in [5, 5.41) is 0. The monoisotopic (exact) mass is 376 g/mol. The lowest BCUT2D eigenvalue weighted by molar-refractivity contribution is 0.528. The Kier molecular flexibility index (Phi) is 5.02. The molecule has 0 radical (unpaired) electrons. The van der Waals surface area contributed by atoms with E-state index in [9.17, 15) is 0 Å². The fourth-order valence-corrected chi connectivity index (χ4v) is 6.97. The molecular formula is C22H35B7. The third-order valence-corrected chi connectivity index (χ3v) is 8.25. The van der Waals surface area contributed by atoms with Crippen LogP contribution >= 0.6 is 0 Å². The van der Waals surface area contributed by atoms with Crippen LogP contribution in [-0.2, 0) is 16.2 Å². The zero-order valence-electron chi connectivity index (χ0n) is 21.5. The van der Waals surface area contributed by atoms with Crippen LogP contribution in [0, 0.1) is 0 Å². The van der Waals surface area contributed by atoms with Gasteiger partial charge in [-0.25, -0.2) is 0 Å². The van der Waals surface area contributed by atoms with Gasteiger partial charge in [0.25, 0.3) is 0 Å². The molecule has 0 N–H and O–H groups in total. The largest absolute Gasteiger partial charge is 0.140 e. The topological polar surface area (TPSA) is 0 Å². The van der Waals surface area contributed by atoms with Gasteiger partial charge in [0.15, 0.2) is 0 Å². The van der Waals surface area contributed by atoms with E-state index in [4.69, 9.17) is 0 Å². The molecule has 144 valence electrons. The summed E-state index contributed by atoms with van der Waals surface area (Å²) in [7, 11) is 16.4. The smallest absolute Gasteiger partial charge is 0.102 e. The lowest BCUT2D eigenvalue weighted by Crippen LogP contribution is -2.60. The summed E-state index contributed by atoms with van der Waals surface area (Å²) in [6, 6.07) is 0. The van der Waals surface area contributed by atoms with Gasteiger partial charge in [-0.3, -0.25) is 0 Å². The molecule has 0 amide bonds. The highest BCUT2D eigenvalue weighted by Gasteiger charge is 2.46. The Morgan fingerprint density at radius 3 is 1.03 bits per heavy atom. The summed E-state index contributed by atoms with van der Waals surface area (Å²) in [5.41, 5.74) is 18.4. The van der Waals surface area contributed by atoms with Crippen molar-refractivity contribution in [3.8, 4) is 0 Å². The first-order valence-corrected chi connectivity index (χ1v) is 11.2. The van der Waals surface area contributed by atoms with E-state index in [2.05, 4.69) is 103 Å². The fraction of sp³-hybridized carbons (Fsp3) is 0.455. The first kappa shape index (κ1) is 22.6. The molecule has 0 saturated heterocycles. The Morgan fingerprint density at radius 1 is 0.448 bits per heavy atom. The van der Waals surface area contributed by atoms with Crippen molar-refractivity contribution < 1.29 is 0 Å². The van der Waals surface area contributed by atoms with Crippen LogP contribution in [0.3, 0.4) is 0 Å². The third kappa shape index (κ3) is 2.82. The lowest BCUT2D eigenvalue weighted by atomic mass is 9.47. The molecule has 0 saturated carbocycles. The molecule has 0 heterocycles. The molecule has 7 heteroatoms. The summed E-state index contributed by atoms with van der Waals surface area (Å²) < 4.78 is 0. The molecule has 0 aromatic heterocycles. The maximum absolute atomic E-state index is 2.47. The van der Waals surface area contributed by atoms with E-state index in [1.807, 2.05) is 0 Å². The van der Waals surface area contributed by atoms with Crippen LogP contribution in [-0.4, -0.2) is 54.9 Å². The van der Waals surface area contributed by atoms with Gasteiger partial charge in [-0.1, -0.05) is 81.3 Å². The van der Waals surface area contributed by atoms with Crippen LogP contribution in [0.15, 0.2) is 0 Å². The highest BCUT2D eigenvalue weighted by Crippen LogP contribution is 2.46. The molecular weight excluding hydrogens is 340 g/mol. The minimum Gasteiger partial charge on any atom is -0.102 e. The summed E-state index contributed by atoms with van der Waals surface area (Å²) >= 11 is 0. The molecule has 0 bridgehead atoms. The number of rotatable bonds is 0. The van der Waals surface area contributed by atoms with E-state index in [-0.39, 0.29) is 16.2 Å². The molecule has 0 fully saturated rings. The average molecular weight is 375 g/mol. The summed E-state index contributed by atoms with van der Waals surface area (Å²) in [6.07, 6.45) is 0. The van der Waals surface area contributed by atoms with Crippen LogP contribution in [0.2, 0.25) is 0 Å². The van der Waals surface area contributed by atoms with E-state index in [0.717, 1.165) is 0 Å². The maximum atomic E-state index is 2.47. The standard InChI is InChI=1S/C22H35B7/c1-20(2,3)12-13(23)8-9(14(24)17(12)27)22(6,7)11-10(21(8,4)5)15(25)18(28)19(29)16(11)26/h23-29H2,1-7H3. The molecule has 1 aliphatic rings. The second kappa shape index (κ2) is 6.45. The molecule has 0 spiro atoms. The van der Waals surface area contributed by atoms with Crippen LogP contribution in [0.25, 0.3) is 0 Å². The highest BCUT2D eigenvalue weighted by molar-refractivity contribution is 6.63. The number of hydrogen-bond acceptors (Lipinski definition) is 0. The molecule has 0 unspecified atom stereocenters. The van der Waals surface area contributed by atoms with Crippen LogP contribution in [0.1, 0.15) is 76.3 Å². The summed E-state index contributed by atoms with van der Waals surface area (Å²) in [6.45, 7) is 17.0. The van der Waals surface area contributed by atoms with Crippen molar-refractivity contribution in [2.24, 2.45) is 0 Å². The second-order valence-electron chi connectivity index (χ2n) is 11.8. The van der Waals surface area contributed by atoms with Crippen LogP contribution in [0.5, 0.6) is 0 Å². The minimum absolute atomic E-state index is 0.00348. The molecule has 0 aliphatic heterocycles. The average Bonchev–Trinajstić information content (AvgIpc) is 2.56. The van der Waals surface area contributed by atoms with E-state index in [1.54, 1.807) is 27.8 Å². The molecule has 2 aromatic rings. The van der Waals surface area contributed by atoms with Gasteiger partial charge in [-0.2, -0.15) is 0 Å². The van der Waals surface area contributed by atoms with E-state index in [0.29, 0.717) is 0 Å². The van der Waals surface area contributed by atoms with Gasteiger partial charge in [0.2, 0.25) is 0 Å². The Morgan fingerprint density at radius 2 is 0.724 bits per heavy atom. The normalized spacial score (nSPS) is 16.9. The molecule has 3 rings (SSSR count). The third-order valence-electron chi connectivity index (χ3n) is 8.25. The molecule has 29 heavy (non-hydrogen) atoms. The predicted octanol–water partition coefficient (Wildman–Crippen LogP) is -6.24. The zero-order valence-corrected chi connectivity index (χ0v) is 21.5. The Hall–Kier alpha value is -1.11. The summed E-state index contributed by atoms with van der Waals surface area (Å²) in [5.74, 6) is 0. The van der Waals surface area contributed by atoms with Crippen molar-refractivity contribution >= 4 is 93.2 Å². The van der Waals surface area contributed by atoms with Crippen LogP contribution in [0.4, 0.5) is 0 Å². The van der Waals surface area contributed by atoms with Crippen molar-refractivity contribution in [1.82, 2.24) is 0 Å². The Balaban J connectivity index is 2.64. The van der Waals surface area contributed by atoms with Crippen molar-refractivity contribution in [1.29, 1.82) is 0 Å². The molecule has 0 atom stereocenters. The highest BCUT2D eigenvalue weighted by atomic mass is 14.5. The van der Waals surface area contributed by atoms with Crippen molar-refractivity contribution in [3.63, 3.8) is 0 Å². The second-order valence-corrected chi connectivity index (χ2v) is 11.8. The van der Waals surface area contributed by atoms with Gasteiger partial charge in [0, 0.05) is 10.8 Å². The number of fused-ring (bicyclic) bond motifs is 2. The van der Waals surface area contributed by atoms with E-state index >= 15 is 0 Å². The van der Waals surface area contributed by atoms with Crippen molar-refractivity contribution in [2.75, 3.05) is 0 Å². The zero-order chi connectivity index (χ0) is 22.4. The van der Waals surface area contributed by atoms with Gasteiger partial charge in [-0.05, 0) is 27.7 Å². The molecule has 0 nitrogen and oxygen atoms in total. The van der Waals surface area contributed by atoms with Crippen molar-refractivity contribution in [3.05, 3.63) is 27.8 Å². The van der Waals surface area contributed by atoms with Gasteiger partial charge in [0.05, 0.1) is 0 Å². The SMILES string of the molecule is Bc1c(B)c(B)c2c(c1B)C(C)(C)c1c(B)c(B)c(C(C)(C)C)c(B)c1C2(C)C. The minimum atomic E-state index is -0.00394. The quantitative estimate of drug-likeness (QED) is 0.402. The molecule has 2 aromatic carbocycles. The molecule has 1 aliphatic carbocycles. The Labute approximate surface area is 185 Å². The first-order chi connectivity index (χ1) is 13.0. The Bertz CT molecular complexity index is 1060. The van der Waals surface area contributed by atoms with E-state index < -0.39 is 0 Å². The summed E-state index contributed by atoms with van der Waals surface area (Å²) in [4.78, 5) is 0. The predicted molar refractivity (Wildman–Crippen MR) is 153 cm³/mol. The first-order valence-electron chi connectivity index (χ1n) is 11.2. The fourth-order valence-electron chi connectivity index (χ4n) is 6.97. The lowest BCUT2D eigenvalue weighted by Gasteiger charge is -2.50. The van der Waals surface area contributed by atoms with Crippen LogP contribution < -0.4 is 38.2 Å². The van der Waals surface area contributed by atoms with E-state index in [1.165, 1.54) is 38.2 Å². The number of benzene rings is 2. The maximum Gasteiger partial charge on any atom is 0.140 e. The van der Waals surface area contributed by atoms with Gasteiger partial charge in [0.1, 0.15) is 54.9 Å². The van der Waals surface area contributed by atoms with Gasteiger partial charge < -0.3 is 0 Å². The number of hydrogen-bond donors (Lipinski definition) is 0. The van der Waals surface area contributed by atoms with Gasteiger partial charge >= 0.3 is 0 Å². The van der Waals surface area contributed by atoms with Crippen molar-refractivity contribution in [2.45, 2.75) is 64.7 Å². The van der Waals surface area contributed by atoms with Gasteiger partial charge in [-0.15, -0.1) is 10.9 Å².